The maximum absolute atomic E-state index is 8.49. The monoisotopic (exact) mass is 398 g/mol. The lowest BCUT2D eigenvalue weighted by Crippen LogP contribution is -2.68. The van der Waals surface area contributed by atoms with Crippen molar-refractivity contribution in [2.24, 2.45) is 0 Å². The van der Waals surface area contributed by atoms with Crippen molar-refractivity contribution in [3.63, 3.8) is 0 Å². The summed E-state index contributed by atoms with van der Waals surface area (Å²) < 4.78 is 50.8. The van der Waals surface area contributed by atoms with E-state index in [9.17, 15) is 0 Å². The first-order chi connectivity index (χ1) is 12.2. The zero-order valence-electron chi connectivity index (χ0n) is 13.4. The molecule has 0 saturated heterocycles. The fraction of sp³-hybridized carbons (Fsp3) is 0.118. The number of ether oxygens (including phenoxy) is 2. The highest BCUT2D eigenvalue weighted by Gasteiger charge is 2.23. The van der Waals surface area contributed by atoms with Gasteiger partial charge in [-0.1, -0.05) is 11.6 Å². The van der Waals surface area contributed by atoms with Crippen LogP contribution in [-0.2, 0) is 0 Å². The van der Waals surface area contributed by atoms with Crippen molar-refractivity contribution in [1.82, 2.24) is 0 Å². The normalized spacial score (nSPS) is 12.7. The van der Waals surface area contributed by atoms with Gasteiger partial charge in [-0.15, -0.1) is 10.2 Å². The number of rotatable bonds is 1. The van der Waals surface area contributed by atoms with Gasteiger partial charge in [0.05, 0.1) is 17.9 Å². The molecule has 0 unspecified atom stereocenters. The van der Waals surface area contributed by atoms with Crippen LogP contribution in [0.3, 0.4) is 0 Å². The molecule has 1 aliphatic rings. The van der Waals surface area contributed by atoms with Crippen LogP contribution in [0.5, 0.6) is 11.5 Å². The largest absolute Gasteiger partial charge is 0.454 e. The summed E-state index contributed by atoms with van der Waals surface area (Å²) in [5, 5.41) is 2.76. The van der Waals surface area contributed by atoms with Gasteiger partial charge in [-0.25, -0.2) is 23.1 Å². The van der Waals surface area contributed by atoms with Crippen molar-refractivity contribution < 1.29 is 42.8 Å². The Morgan fingerprint density at radius 3 is 2.15 bits per heavy atom. The molecule has 0 fully saturated rings. The van der Waals surface area contributed by atoms with E-state index >= 15 is 0 Å². The van der Waals surface area contributed by atoms with Crippen molar-refractivity contribution in [3.05, 3.63) is 53.2 Å². The Labute approximate surface area is 155 Å². The van der Waals surface area contributed by atoms with Crippen LogP contribution in [0.15, 0.2) is 46.9 Å². The van der Waals surface area contributed by atoms with Crippen molar-refractivity contribution in [3.8, 4) is 22.8 Å². The second-order valence-electron chi connectivity index (χ2n) is 5.36. The summed E-state index contributed by atoms with van der Waals surface area (Å²) in [5.74, 6) is 3.17. The molecule has 136 valence electrons. The first-order valence-corrected chi connectivity index (χ1v) is 8.87. The van der Waals surface area contributed by atoms with Crippen LogP contribution < -0.4 is 28.1 Å². The van der Waals surface area contributed by atoms with Crippen LogP contribution in [0.25, 0.3) is 22.1 Å². The maximum Gasteiger partial charge on any atom is 0.368 e. The van der Waals surface area contributed by atoms with Gasteiger partial charge in [0.2, 0.25) is 6.79 Å². The number of hydrogen-bond acceptors (Lipinski definition) is 6. The Bertz CT molecular complexity index is 930. The quantitative estimate of drug-likeness (QED) is 0.540. The molecule has 4 rings (SSSR count). The van der Waals surface area contributed by atoms with E-state index in [1.165, 1.54) is 0 Å². The molecular formula is C17H12Cl2O7. The van der Waals surface area contributed by atoms with E-state index in [2.05, 4.69) is 0 Å². The van der Waals surface area contributed by atoms with Crippen LogP contribution in [0.4, 0.5) is 0 Å². The number of halogens is 2. The maximum atomic E-state index is 8.49. The van der Waals surface area contributed by atoms with Crippen LogP contribution in [0.2, 0.25) is 5.02 Å². The summed E-state index contributed by atoms with van der Waals surface area (Å²) in [7, 11) is -4.94. The highest BCUT2D eigenvalue weighted by atomic mass is 35.7. The molecule has 26 heavy (non-hydrogen) atoms. The van der Waals surface area contributed by atoms with Crippen molar-refractivity contribution >= 4 is 22.4 Å². The summed E-state index contributed by atoms with van der Waals surface area (Å²) in [4.78, 5) is 0. The predicted molar refractivity (Wildman–Crippen MR) is 81.9 cm³/mol. The Morgan fingerprint density at radius 2 is 1.54 bits per heavy atom. The van der Waals surface area contributed by atoms with Crippen LogP contribution in [-0.4, -0.2) is 6.79 Å². The Hall–Kier alpha value is -2.13. The molecule has 7 nitrogen and oxygen atoms in total. The lowest BCUT2D eigenvalue weighted by molar-refractivity contribution is -2.00. The molecule has 0 radical (unpaired) electrons. The van der Waals surface area contributed by atoms with Gasteiger partial charge in [0.15, 0.2) is 11.5 Å². The second kappa shape index (κ2) is 7.24. The first kappa shape index (κ1) is 18.7. The number of fused-ring (bicyclic) bond motifs is 2. The topological polar surface area (TPSA) is 122 Å². The van der Waals surface area contributed by atoms with E-state index in [4.69, 9.17) is 44.1 Å². The molecule has 0 saturated carbocycles. The zero-order chi connectivity index (χ0) is 18.9. The molecule has 0 N–H and O–H groups in total. The third-order valence-corrected chi connectivity index (χ3v) is 3.77. The van der Waals surface area contributed by atoms with E-state index in [0.717, 1.165) is 39.4 Å². The van der Waals surface area contributed by atoms with Gasteiger partial charge in [0, 0.05) is 22.5 Å². The van der Waals surface area contributed by atoms with E-state index < -0.39 is 10.2 Å². The summed E-state index contributed by atoms with van der Waals surface area (Å²) in [6.07, 6.45) is 0. The minimum Gasteiger partial charge on any atom is -0.454 e. The van der Waals surface area contributed by atoms with Gasteiger partial charge >= 0.3 is 11.5 Å². The van der Waals surface area contributed by atoms with E-state index in [-0.39, 0.29) is 6.79 Å². The number of aryl methyl sites for hydroxylation is 1. The van der Waals surface area contributed by atoms with Gasteiger partial charge in [-0.05, 0) is 30.3 Å². The highest BCUT2D eigenvalue weighted by molar-refractivity contribution is 6.30. The summed E-state index contributed by atoms with van der Waals surface area (Å²) in [6, 6.07) is 13.6. The van der Waals surface area contributed by atoms with E-state index in [1.807, 2.05) is 49.4 Å². The third-order valence-electron chi connectivity index (χ3n) is 3.52. The van der Waals surface area contributed by atoms with Gasteiger partial charge in [-0.2, -0.15) is 0 Å². The zero-order valence-corrected chi connectivity index (χ0v) is 14.9. The van der Waals surface area contributed by atoms with Crippen LogP contribution in [0, 0.1) is 17.2 Å². The summed E-state index contributed by atoms with van der Waals surface area (Å²) in [5.41, 5.74) is 0.979. The fourth-order valence-corrected chi connectivity index (χ4v) is 2.68. The van der Waals surface area contributed by atoms with Crippen LogP contribution in [0.1, 0.15) is 5.76 Å². The average molecular weight is 399 g/mol. The lowest BCUT2D eigenvalue weighted by Gasteiger charge is -2.17. The van der Waals surface area contributed by atoms with Gasteiger partial charge < -0.3 is 9.47 Å². The molecule has 0 spiro atoms. The molecule has 2 heterocycles. The third kappa shape index (κ3) is 4.53. The molecule has 2 aromatic carbocycles. The molecule has 1 aliphatic heterocycles. The fourth-order valence-electron chi connectivity index (χ4n) is 2.55. The van der Waals surface area contributed by atoms with Gasteiger partial charge in [0.1, 0.15) is 0 Å². The lowest BCUT2D eigenvalue weighted by atomic mass is 10.0. The average Bonchev–Trinajstić information content (AvgIpc) is 2.98. The predicted octanol–water partition coefficient (Wildman–Crippen LogP) is 0.315. The highest BCUT2D eigenvalue weighted by Crippen LogP contribution is 2.40. The number of benzene rings is 2. The minimum absolute atomic E-state index is 0.262. The molecule has 0 atom stereocenters. The molecule has 0 amide bonds. The molecule has 0 bridgehead atoms. The Morgan fingerprint density at radius 1 is 0.962 bits per heavy atom. The van der Waals surface area contributed by atoms with Crippen molar-refractivity contribution in [1.29, 1.82) is 0 Å². The first-order valence-electron chi connectivity index (χ1n) is 7.25. The summed E-state index contributed by atoms with van der Waals surface area (Å²) >= 11 is 5.96. The molecule has 3 aromatic rings. The van der Waals surface area contributed by atoms with Crippen LogP contribution >= 0.6 is 11.6 Å². The smallest absolute Gasteiger partial charge is 0.368 e. The van der Waals surface area contributed by atoms with Gasteiger partial charge in [-0.3, -0.25) is 0 Å². The van der Waals surface area contributed by atoms with Gasteiger partial charge in [0.25, 0.3) is 0 Å². The standard InChI is InChI=1S/C17H12ClO3.ClHO4/c1-10-6-12-7-15-16(20-9-19-15)8-14(12)17(21-10)11-2-4-13(18)5-3-11;2-1(3,4)5/h2-8H,9H2,1H3;(H,2,3,4,5)/q+1;/p-1. The summed E-state index contributed by atoms with van der Waals surface area (Å²) in [6.45, 7) is 2.20. The SMILES string of the molecule is Cc1cc2cc3c(cc2c(-c2ccc(Cl)cc2)[o+]1)OCO3.[O-][Cl+3]([O-])([O-])[O-]. The van der Waals surface area contributed by atoms with Crippen molar-refractivity contribution in [2.75, 3.05) is 6.79 Å². The van der Waals surface area contributed by atoms with E-state index in [0.29, 0.717) is 5.02 Å². The molecule has 1 aromatic heterocycles. The van der Waals surface area contributed by atoms with E-state index in [1.54, 1.807) is 0 Å². The molecule has 0 aliphatic carbocycles. The second-order valence-corrected chi connectivity index (χ2v) is 6.56. The Balaban J connectivity index is 0.000000349. The Kier molecular flexibility index (Phi) is 5.19. The van der Waals surface area contributed by atoms with Crippen molar-refractivity contribution in [2.45, 2.75) is 6.92 Å². The number of hydrogen-bond donors (Lipinski definition) is 0. The molecule has 9 heteroatoms. The molecular weight excluding hydrogens is 387 g/mol. The minimum atomic E-state index is -4.94.